The second kappa shape index (κ2) is 7.38. The first kappa shape index (κ1) is 15.8. The summed E-state index contributed by atoms with van der Waals surface area (Å²) in [5, 5.41) is 0. The number of aryl methyl sites for hydroxylation is 1. The van der Waals surface area contributed by atoms with E-state index < -0.39 is 0 Å². The lowest BCUT2D eigenvalue weighted by atomic mass is 10.2. The molecule has 1 aromatic rings. The number of carbonyl (C=O) groups is 2. The van der Waals surface area contributed by atoms with Gasteiger partial charge < -0.3 is 9.30 Å². The van der Waals surface area contributed by atoms with E-state index in [0.29, 0.717) is 17.9 Å². The van der Waals surface area contributed by atoms with Crippen LogP contribution in [-0.4, -0.2) is 34.9 Å². The van der Waals surface area contributed by atoms with Crippen molar-refractivity contribution in [2.24, 2.45) is 0 Å². The molecule has 1 rings (SSSR count). The molecule has 0 aromatic carbocycles. The van der Waals surface area contributed by atoms with Gasteiger partial charge in [0.25, 0.3) is 0 Å². The third-order valence-electron chi connectivity index (χ3n) is 3.10. The number of aromatic nitrogens is 1. The summed E-state index contributed by atoms with van der Waals surface area (Å²) in [5.74, 6) is 0.919. The second-order valence-corrected chi connectivity index (χ2v) is 5.44. The number of carbonyl (C=O) groups excluding carboxylic acids is 2. The number of rotatable bonds is 7. The molecule has 0 spiro atoms. The molecule has 0 saturated carbocycles. The minimum Gasteiger partial charge on any atom is -0.469 e. The molecule has 0 bridgehead atoms. The van der Waals surface area contributed by atoms with E-state index in [0.717, 1.165) is 23.5 Å². The highest BCUT2D eigenvalue weighted by Crippen LogP contribution is 2.17. The average molecular weight is 283 g/mol. The Kier molecular flexibility index (Phi) is 6.15. The molecule has 0 aliphatic carbocycles. The van der Waals surface area contributed by atoms with Gasteiger partial charge in [0.1, 0.15) is 0 Å². The molecule has 0 aliphatic heterocycles. The summed E-state index contributed by atoms with van der Waals surface area (Å²) in [6, 6.07) is 1.95. The maximum atomic E-state index is 12.1. The van der Waals surface area contributed by atoms with Gasteiger partial charge in [-0.1, -0.05) is 0 Å². The summed E-state index contributed by atoms with van der Waals surface area (Å²) in [6.45, 7) is 6.93. The standard InChI is InChI=1S/C14H21NO3S/c1-5-15-10(2)8-12(11(15)3)13(16)9-19-7-6-14(17)18-4/h8H,5-7,9H2,1-4H3. The van der Waals surface area contributed by atoms with E-state index in [4.69, 9.17) is 0 Å². The minimum absolute atomic E-state index is 0.127. The van der Waals surface area contributed by atoms with E-state index >= 15 is 0 Å². The SMILES string of the molecule is CCn1c(C)cc(C(=O)CSCCC(=O)OC)c1C. The van der Waals surface area contributed by atoms with Crippen molar-refractivity contribution < 1.29 is 14.3 Å². The smallest absolute Gasteiger partial charge is 0.306 e. The number of Topliss-reactive ketones (excluding diaryl/α,β-unsaturated/α-hetero) is 1. The highest BCUT2D eigenvalue weighted by Gasteiger charge is 2.14. The van der Waals surface area contributed by atoms with Crippen LogP contribution in [0.5, 0.6) is 0 Å². The van der Waals surface area contributed by atoms with Crippen LogP contribution >= 0.6 is 11.8 Å². The third-order valence-corrected chi connectivity index (χ3v) is 4.06. The number of nitrogens with zero attached hydrogens (tertiary/aromatic N) is 1. The van der Waals surface area contributed by atoms with Gasteiger partial charge in [0.2, 0.25) is 0 Å². The number of hydrogen-bond donors (Lipinski definition) is 0. The highest BCUT2D eigenvalue weighted by molar-refractivity contribution is 8.00. The first-order valence-electron chi connectivity index (χ1n) is 6.35. The predicted molar refractivity (Wildman–Crippen MR) is 77.9 cm³/mol. The molecule has 4 nitrogen and oxygen atoms in total. The fourth-order valence-corrected chi connectivity index (χ4v) is 2.87. The van der Waals surface area contributed by atoms with E-state index in [2.05, 4.69) is 16.2 Å². The quantitative estimate of drug-likeness (QED) is 0.438. The van der Waals surface area contributed by atoms with Crippen molar-refractivity contribution in [1.29, 1.82) is 0 Å². The summed E-state index contributed by atoms with van der Waals surface area (Å²) < 4.78 is 6.69. The van der Waals surface area contributed by atoms with Gasteiger partial charge in [-0.15, -0.1) is 0 Å². The van der Waals surface area contributed by atoms with Crippen LogP contribution in [0.15, 0.2) is 6.07 Å². The molecule has 0 amide bonds. The number of hydrogen-bond acceptors (Lipinski definition) is 4. The minimum atomic E-state index is -0.232. The molecule has 106 valence electrons. The fourth-order valence-electron chi connectivity index (χ4n) is 2.07. The summed E-state index contributed by atoms with van der Waals surface area (Å²) in [4.78, 5) is 23.1. The van der Waals surface area contributed by atoms with E-state index in [1.54, 1.807) is 0 Å². The summed E-state index contributed by atoms with van der Waals surface area (Å²) in [5.41, 5.74) is 2.94. The first-order chi connectivity index (χ1) is 9.01. The molecule has 0 unspecified atom stereocenters. The average Bonchev–Trinajstić information content (AvgIpc) is 2.68. The number of thioether (sulfide) groups is 1. The van der Waals surface area contributed by atoms with Gasteiger partial charge in [-0.25, -0.2) is 0 Å². The molecular formula is C14H21NO3S. The highest BCUT2D eigenvalue weighted by atomic mass is 32.2. The maximum absolute atomic E-state index is 12.1. The van der Waals surface area contributed by atoms with Gasteiger partial charge in [-0.3, -0.25) is 9.59 Å². The Bertz CT molecular complexity index is 466. The van der Waals surface area contributed by atoms with Crippen LogP contribution in [-0.2, 0) is 16.1 Å². The molecule has 0 N–H and O–H groups in total. The zero-order chi connectivity index (χ0) is 14.4. The van der Waals surface area contributed by atoms with Gasteiger partial charge in [-0.05, 0) is 26.8 Å². The molecule has 0 atom stereocenters. The van der Waals surface area contributed by atoms with Crippen molar-refractivity contribution in [2.75, 3.05) is 18.6 Å². The number of ketones is 1. The molecule has 19 heavy (non-hydrogen) atoms. The Hall–Kier alpha value is -1.23. The van der Waals surface area contributed by atoms with Crippen molar-refractivity contribution in [3.05, 3.63) is 23.0 Å². The van der Waals surface area contributed by atoms with E-state index in [-0.39, 0.29) is 11.8 Å². The number of methoxy groups -OCH3 is 1. The predicted octanol–water partition coefficient (Wildman–Crippen LogP) is 2.60. The van der Waals surface area contributed by atoms with Gasteiger partial charge in [0.15, 0.2) is 5.78 Å². The maximum Gasteiger partial charge on any atom is 0.306 e. The zero-order valence-corrected chi connectivity index (χ0v) is 12.8. The van der Waals surface area contributed by atoms with Crippen molar-refractivity contribution in [2.45, 2.75) is 33.7 Å². The van der Waals surface area contributed by atoms with E-state index in [1.807, 2.05) is 19.9 Å². The molecular weight excluding hydrogens is 262 g/mol. The topological polar surface area (TPSA) is 48.3 Å². The summed E-state index contributed by atoms with van der Waals surface area (Å²) in [7, 11) is 1.37. The van der Waals surface area contributed by atoms with Gasteiger partial charge >= 0.3 is 5.97 Å². The van der Waals surface area contributed by atoms with Crippen LogP contribution < -0.4 is 0 Å². The van der Waals surface area contributed by atoms with Crippen LogP contribution in [0.1, 0.15) is 35.1 Å². The van der Waals surface area contributed by atoms with Crippen LogP contribution in [0.2, 0.25) is 0 Å². The van der Waals surface area contributed by atoms with Crippen LogP contribution in [0.25, 0.3) is 0 Å². The second-order valence-electron chi connectivity index (χ2n) is 4.33. The lowest BCUT2D eigenvalue weighted by molar-refractivity contribution is -0.140. The molecule has 5 heteroatoms. The van der Waals surface area contributed by atoms with Gasteiger partial charge in [-0.2, -0.15) is 11.8 Å². The molecule has 0 radical (unpaired) electrons. The number of ether oxygens (including phenoxy) is 1. The lowest BCUT2D eigenvalue weighted by Crippen LogP contribution is -2.07. The molecule has 0 saturated heterocycles. The largest absolute Gasteiger partial charge is 0.469 e. The molecule has 1 aromatic heterocycles. The zero-order valence-electron chi connectivity index (χ0n) is 12.0. The lowest BCUT2D eigenvalue weighted by Gasteiger charge is -2.05. The van der Waals surface area contributed by atoms with Crippen molar-refractivity contribution >= 4 is 23.5 Å². The van der Waals surface area contributed by atoms with E-state index in [1.165, 1.54) is 18.9 Å². The normalized spacial score (nSPS) is 10.5. The van der Waals surface area contributed by atoms with E-state index in [9.17, 15) is 9.59 Å². The Morgan fingerprint density at radius 1 is 1.37 bits per heavy atom. The van der Waals surface area contributed by atoms with Crippen LogP contribution in [0.3, 0.4) is 0 Å². The summed E-state index contributed by atoms with van der Waals surface area (Å²) >= 11 is 1.47. The fraction of sp³-hybridized carbons (Fsp3) is 0.571. The Morgan fingerprint density at radius 2 is 2.05 bits per heavy atom. The van der Waals surface area contributed by atoms with Crippen LogP contribution in [0.4, 0.5) is 0 Å². The first-order valence-corrected chi connectivity index (χ1v) is 7.51. The third kappa shape index (κ3) is 4.13. The molecule has 0 fully saturated rings. The molecule has 1 heterocycles. The van der Waals surface area contributed by atoms with Crippen molar-refractivity contribution in [3.8, 4) is 0 Å². The van der Waals surface area contributed by atoms with Gasteiger partial charge in [0.05, 0.1) is 19.3 Å². The van der Waals surface area contributed by atoms with Crippen molar-refractivity contribution in [3.63, 3.8) is 0 Å². The Labute approximate surface area is 118 Å². The molecule has 0 aliphatic rings. The van der Waals surface area contributed by atoms with Crippen molar-refractivity contribution in [1.82, 2.24) is 4.57 Å². The van der Waals surface area contributed by atoms with Gasteiger partial charge in [0, 0.05) is 29.2 Å². The summed E-state index contributed by atoms with van der Waals surface area (Å²) in [6.07, 6.45) is 0.350. The Balaban J connectivity index is 2.52. The Morgan fingerprint density at radius 3 is 2.58 bits per heavy atom. The monoisotopic (exact) mass is 283 g/mol. The van der Waals surface area contributed by atoms with Crippen LogP contribution in [0, 0.1) is 13.8 Å². The number of esters is 1.